The first kappa shape index (κ1) is 14.7. The number of amides is 3. The van der Waals surface area contributed by atoms with Gasteiger partial charge in [-0.15, -0.1) is 0 Å². The summed E-state index contributed by atoms with van der Waals surface area (Å²) in [5.74, 6) is 1.37. The minimum Gasteiger partial charge on any atom is -0.493 e. The van der Waals surface area contributed by atoms with Gasteiger partial charge in [-0.05, 0) is 19.9 Å². The predicted octanol–water partition coefficient (Wildman–Crippen LogP) is 2.02. The molecular weight excluding hydrogens is 310 g/mol. The number of fused-ring (bicyclic) bond motifs is 2. The Morgan fingerprint density at radius 1 is 1.29 bits per heavy atom. The fraction of sp³-hybridized carbons (Fsp3) is 0.353. The van der Waals surface area contributed by atoms with E-state index in [1.165, 1.54) is 0 Å². The van der Waals surface area contributed by atoms with E-state index in [0.29, 0.717) is 36.0 Å². The lowest BCUT2D eigenvalue weighted by atomic mass is 9.84. The van der Waals surface area contributed by atoms with Crippen LogP contribution >= 0.6 is 0 Å². The van der Waals surface area contributed by atoms with Crippen LogP contribution in [0, 0.1) is 13.8 Å². The molecule has 1 aromatic heterocycles. The fourth-order valence-corrected chi connectivity index (χ4v) is 3.26. The molecule has 1 aromatic carbocycles. The smallest absolute Gasteiger partial charge is 0.325 e. The van der Waals surface area contributed by atoms with Gasteiger partial charge in [0.05, 0.1) is 12.3 Å². The quantitative estimate of drug-likeness (QED) is 0.853. The van der Waals surface area contributed by atoms with Crippen LogP contribution in [0.2, 0.25) is 0 Å². The third kappa shape index (κ3) is 2.01. The van der Waals surface area contributed by atoms with Gasteiger partial charge in [-0.25, -0.2) is 9.78 Å². The van der Waals surface area contributed by atoms with Crippen molar-refractivity contribution in [2.75, 3.05) is 6.61 Å². The van der Waals surface area contributed by atoms with Crippen molar-refractivity contribution >= 4 is 11.9 Å². The number of hydrogen-bond donors (Lipinski definition) is 1. The van der Waals surface area contributed by atoms with E-state index in [2.05, 4.69) is 10.3 Å². The number of carbonyl (C=O) groups excluding carboxylic acids is 2. The van der Waals surface area contributed by atoms with Crippen LogP contribution in [0.3, 0.4) is 0 Å². The molecule has 0 saturated carbocycles. The molecule has 2 aliphatic rings. The van der Waals surface area contributed by atoms with Crippen molar-refractivity contribution in [3.05, 3.63) is 47.2 Å². The molecule has 0 aliphatic carbocycles. The Morgan fingerprint density at radius 2 is 2.08 bits per heavy atom. The molecule has 24 heavy (non-hydrogen) atoms. The Morgan fingerprint density at radius 3 is 2.83 bits per heavy atom. The maximum atomic E-state index is 13.1. The molecule has 3 amide bonds. The summed E-state index contributed by atoms with van der Waals surface area (Å²) in [7, 11) is 0. The number of aromatic nitrogens is 1. The highest BCUT2D eigenvalue weighted by Crippen LogP contribution is 2.41. The van der Waals surface area contributed by atoms with E-state index in [0.717, 1.165) is 10.6 Å². The zero-order chi connectivity index (χ0) is 16.9. The van der Waals surface area contributed by atoms with Crippen LogP contribution in [0.4, 0.5) is 4.79 Å². The molecule has 0 radical (unpaired) electrons. The number of imide groups is 1. The minimum atomic E-state index is -1.07. The highest BCUT2D eigenvalue weighted by molar-refractivity contribution is 6.07. The van der Waals surface area contributed by atoms with Crippen molar-refractivity contribution in [2.45, 2.75) is 32.4 Å². The van der Waals surface area contributed by atoms with Crippen LogP contribution in [0.25, 0.3) is 0 Å². The van der Waals surface area contributed by atoms with Crippen molar-refractivity contribution in [1.29, 1.82) is 0 Å². The van der Waals surface area contributed by atoms with Gasteiger partial charge < -0.3 is 14.5 Å². The van der Waals surface area contributed by atoms with Gasteiger partial charge in [-0.1, -0.05) is 18.2 Å². The maximum absolute atomic E-state index is 13.1. The number of nitrogens with one attached hydrogen (secondary N) is 1. The summed E-state index contributed by atoms with van der Waals surface area (Å²) in [5.41, 5.74) is 0.378. The van der Waals surface area contributed by atoms with Crippen LogP contribution in [-0.4, -0.2) is 28.4 Å². The third-order valence-corrected chi connectivity index (χ3v) is 4.62. The average Bonchev–Trinajstić information content (AvgIpc) is 3.00. The average molecular weight is 327 g/mol. The molecule has 1 atom stereocenters. The van der Waals surface area contributed by atoms with E-state index < -0.39 is 11.6 Å². The van der Waals surface area contributed by atoms with Crippen molar-refractivity contribution in [1.82, 2.24) is 15.2 Å². The second kappa shape index (κ2) is 5.09. The highest BCUT2D eigenvalue weighted by Gasteiger charge is 2.55. The first-order chi connectivity index (χ1) is 11.5. The van der Waals surface area contributed by atoms with Gasteiger partial charge >= 0.3 is 6.03 Å². The Hall–Kier alpha value is -2.83. The summed E-state index contributed by atoms with van der Waals surface area (Å²) >= 11 is 0. The number of aryl methyl sites for hydroxylation is 2. The number of benzene rings is 1. The van der Waals surface area contributed by atoms with Gasteiger partial charge in [0.2, 0.25) is 5.89 Å². The zero-order valence-corrected chi connectivity index (χ0v) is 13.5. The molecule has 1 N–H and O–H groups in total. The molecule has 7 heteroatoms. The number of hydrogen-bond acceptors (Lipinski definition) is 5. The largest absolute Gasteiger partial charge is 0.493 e. The molecule has 1 fully saturated rings. The van der Waals surface area contributed by atoms with Gasteiger partial charge in [0.25, 0.3) is 5.91 Å². The first-order valence-corrected chi connectivity index (χ1v) is 7.80. The van der Waals surface area contributed by atoms with E-state index >= 15 is 0 Å². The second-order valence-electron chi connectivity index (χ2n) is 6.07. The lowest BCUT2D eigenvalue weighted by Gasteiger charge is -2.33. The maximum Gasteiger partial charge on any atom is 0.325 e. The Kier molecular flexibility index (Phi) is 3.13. The van der Waals surface area contributed by atoms with Crippen LogP contribution in [-0.2, 0) is 16.9 Å². The number of carbonyl (C=O) groups is 2. The summed E-state index contributed by atoms with van der Waals surface area (Å²) < 4.78 is 11.1. The predicted molar refractivity (Wildman–Crippen MR) is 83.3 cm³/mol. The molecule has 0 bridgehead atoms. The third-order valence-electron chi connectivity index (χ3n) is 4.62. The van der Waals surface area contributed by atoms with Crippen molar-refractivity contribution in [3.8, 4) is 5.75 Å². The second-order valence-corrected chi connectivity index (χ2v) is 6.07. The number of rotatable bonds is 2. The molecule has 124 valence electrons. The summed E-state index contributed by atoms with van der Waals surface area (Å²) in [6.07, 6.45) is 0.398. The van der Waals surface area contributed by atoms with Crippen LogP contribution in [0.5, 0.6) is 5.75 Å². The van der Waals surface area contributed by atoms with E-state index in [9.17, 15) is 9.59 Å². The van der Waals surface area contributed by atoms with E-state index in [1.807, 2.05) is 25.1 Å². The summed E-state index contributed by atoms with van der Waals surface area (Å²) in [4.78, 5) is 30.9. The fourth-order valence-electron chi connectivity index (χ4n) is 3.26. The van der Waals surface area contributed by atoms with E-state index in [-0.39, 0.29) is 12.5 Å². The lowest BCUT2D eigenvalue weighted by Crippen LogP contribution is -2.47. The highest BCUT2D eigenvalue weighted by atomic mass is 16.5. The molecule has 1 spiro atoms. The molecular formula is C17H17N3O4. The van der Waals surface area contributed by atoms with Crippen LogP contribution in [0.1, 0.15) is 29.3 Å². The molecule has 2 aliphatic heterocycles. The molecule has 2 aromatic rings. The molecule has 3 heterocycles. The number of nitrogens with zero attached hydrogens (tertiary/aromatic N) is 2. The van der Waals surface area contributed by atoms with Gasteiger partial charge in [-0.2, -0.15) is 0 Å². The van der Waals surface area contributed by atoms with E-state index in [4.69, 9.17) is 9.15 Å². The number of para-hydroxylation sites is 1. The number of ether oxygens (including phenoxy) is 1. The topological polar surface area (TPSA) is 84.7 Å². The zero-order valence-electron chi connectivity index (χ0n) is 13.5. The first-order valence-electron chi connectivity index (χ1n) is 7.80. The van der Waals surface area contributed by atoms with Crippen LogP contribution in [0.15, 0.2) is 28.7 Å². The van der Waals surface area contributed by atoms with Gasteiger partial charge in [0.1, 0.15) is 18.1 Å². The van der Waals surface area contributed by atoms with Crippen molar-refractivity contribution in [3.63, 3.8) is 0 Å². The Balaban J connectivity index is 1.69. The standard InChI is InChI=1S/C17H17N3O4/c1-10-11(2)24-14(18-10)9-20-15(21)17(19-16(20)22)7-8-23-13-6-4-3-5-12(13)17/h3-6H,7-9H2,1-2H3,(H,19,22)/t17-/m1/s1. The molecule has 1 saturated heterocycles. The van der Waals surface area contributed by atoms with Gasteiger partial charge in [0.15, 0.2) is 5.54 Å². The van der Waals surface area contributed by atoms with E-state index in [1.54, 1.807) is 13.0 Å². The van der Waals surface area contributed by atoms with Crippen LogP contribution < -0.4 is 10.1 Å². The SMILES string of the molecule is Cc1nc(CN2C(=O)N[C@@]3(CCOc4ccccc43)C2=O)oc1C. The Bertz CT molecular complexity index is 825. The summed E-state index contributed by atoms with van der Waals surface area (Å²) in [6.45, 7) is 4.01. The molecule has 0 unspecified atom stereocenters. The summed E-state index contributed by atoms with van der Waals surface area (Å²) in [6, 6.07) is 6.85. The summed E-state index contributed by atoms with van der Waals surface area (Å²) in [5, 5.41) is 2.85. The van der Waals surface area contributed by atoms with Gasteiger partial charge in [0, 0.05) is 12.0 Å². The monoisotopic (exact) mass is 327 g/mol. The molecule has 7 nitrogen and oxygen atoms in total. The van der Waals surface area contributed by atoms with Gasteiger partial charge in [-0.3, -0.25) is 9.69 Å². The molecule has 4 rings (SSSR count). The minimum absolute atomic E-state index is 0.0180. The van der Waals surface area contributed by atoms with Crippen molar-refractivity contribution < 1.29 is 18.7 Å². The number of oxazole rings is 1. The normalized spacial score (nSPS) is 22.5. The van der Waals surface area contributed by atoms with Crippen molar-refractivity contribution in [2.24, 2.45) is 0 Å². The lowest BCUT2D eigenvalue weighted by molar-refractivity contribution is -0.133. The Labute approximate surface area is 138 Å². The number of urea groups is 1.